The van der Waals surface area contributed by atoms with Gasteiger partial charge in [-0.25, -0.2) is 79.8 Å². The van der Waals surface area contributed by atoms with Gasteiger partial charge in [-0.15, -0.1) is 0 Å². The van der Waals surface area contributed by atoms with Gasteiger partial charge in [0, 0.05) is 11.1 Å². The maximum atomic E-state index is 12.6. The first-order valence-corrected chi connectivity index (χ1v) is 24.3. The maximum absolute atomic E-state index is 12.6. The highest BCUT2D eigenvalue weighted by molar-refractivity contribution is 6.28. The van der Waals surface area contributed by atoms with Gasteiger partial charge in [0.2, 0.25) is 34.2 Å². The normalized spacial score (nSPS) is 12.3. The van der Waals surface area contributed by atoms with Crippen LogP contribution >= 0.6 is 11.6 Å². The second-order valence-corrected chi connectivity index (χ2v) is 16.7. The zero-order chi connectivity index (χ0) is 62.5. The van der Waals surface area contributed by atoms with Gasteiger partial charge >= 0.3 is 23.3 Å². The topological polar surface area (TPSA) is 439 Å². The first-order valence-electron chi connectivity index (χ1n) is 24.0. The quantitative estimate of drug-likeness (QED) is 0.0869. The summed E-state index contributed by atoms with van der Waals surface area (Å²) in [6, 6.07) is 26.3. The molecule has 31 heteroatoms. The number of hydrogen-bond donors (Lipinski definition) is 0. The van der Waals surface area contributed by atoms with Crippen molar-refractivity contribution >= 4 is 57.1 Å². The number of rotatable bonds is 9. The van der Waals surface area contributed by atoms with E-state index < -0.39 is 17.9 Å². The lowest BCUT2D eigenvalue weighted by Gasteiger charge is -2.10. The summed E-state index contributed by atoms with van der Waals surface area (Å²) in [6.07, 6.45) is -0.145. The predicted octanol–water partition coefficient (Wildman–Crippen LogP) is 6.30. The molecule has 0 saturated heterocycles. The lowest BCUT2D eigenvalue weighted by atomic mass is 10.1. The smallest absolute Gasteiger partial charge is 0.331 e. The second-order valence-electron chi connectivity index (χ2n) is 16.4. The van der Waals surface area contributed by atoms with E-state index in [4.69, 9.17) is 62.0 Å². The summed E-state index contributed by atoms with van der Waals surface area (Å²) < 4.78 is 20.9. The number of carbonyl (C=O) groups excluding carboxylic acids is 2. The molecule has 0 fully saturated rings. The Labute approximate surface area is 491 Å². The molecule has 0 aliphatic carbocycles. The molecular formula is C56H21ClN24O6. The minimum atomic E-state index is -1.59. The Balaban J connectivity index is 0.000000203. The van der Waals surface area contributed by atoms with Gasteiger partial charge < -0.3 is 18.3 Å². The summed E-state index contributed by atoms with van der Waals surface area (Å²) in [5.74, 6) is -4.18. The Morgan fingerprint density at radius 2 is 1.07 bits per heavy atom. The Hall–Kier alpha value is -14.4. The van der Waals surface area contributed by atoms with E-state index in [1.165, 1.54) is 42.5 Å². The molecule has 0 bridgehead atoms. The number of carbonyl (C=O) groups is 2. The third-order valence-electron chi connectivity index (χ3n) is 11.3. The first-order chi connectivity index (χ1) is 42.2. The molecule has 4 aromatic heterocycles. The molecule has 0 N–H and O–H groups in total. The number of benzene rings is 4. The van der Waals surface area contributed by atoms with Gasteiger partial charge in [-0.3, -0.25) is 9.59 Å². The minimum Gasteiger partial charge on any atom is -0.465 e. The number of allylic oxidation sites excluding steroid dienone is 2. The first kappa shape index (κ1) is 58.8. The minimum absolute atomic E-state index is 0.0168. The summed E-state index contributed by atoms with van der Waals surface area (Å²) in [6.45, 7) is 32.4. The van der Waals surface area contributed by atoms with E-state index in [1.54, 1.807) is 38.1 Å². The van der Waals surface area contributed by atoms with Crippen molar-refractivity contribution in [2.45, 2.75) is 26.2 Å². The number of oxazole rings is 2. The molecule has 1 unspecified atom stereocenters. The van der Waals surface area contributed by atoms with Crippen molar-refractivity contribution in [3.63, 3.8) is 0 Å². The van der Waals surface area contributed by atoms with E-state index in [2.05, 4.69) is 84.0 Å². The van der Waals surface area contributed by atoms with E-state index in [1.807, 2.05) is 30.3 Å². The molecule has 30 nitrogen and oxygen atoms in total. The fourth-order valence-electron chi connectivity index (χ4n) is 7.62. The van der Waals surface area contributed by atoms with E-state index >= 15 is 0 Å². The summed E-state index contributed by atoms with van der Waals surface area (Å²) >= 11 is 6.14. The van der Waals surface area contributed by atoms with E-state index in [9.17, 15) is 41.2 Å². The van der Waals surface area contributed by atoms with Crippen molar-refractivity contribution < 1.29 is 27.9 Å². The molecule has 87 heavy (non-hydrogen) atoms. The second kappa shape index (κ2) is 25.8. The molecule has 0 saturated carbocycles. The van der Waals surface area contributed by atoms with Gasteiger partial charge in [0.05, 0.1) is 114 Å². The van der Waals surface area contributed by atoms with Crippen LogP contribution in [-0.2, 0) is 19.1 Å². The highest BCUT2D eigenvalue weighted by Crippen LogP contribution is 2.33. The molecule has 1 atom stereocenters. The van der Waals surface area contributed by atoms with Gasteiger partial charge in [-0.2, -0.15) is 41.5 Å². The Bertz CT molecular complexity index is 5120. The molecule has 0 amide bonds. The van der Waals surface area contributed by atoms with Crippen LogP contribution in [0, 0.1) is 117 Å². The lowest BCUT2D eigenvalue weighted by molar-refractivity contribution is -0.144. The van der Waals surface area contributed by atoms with Crippen LogP contribution < -0.4 is 21.4 Å². The zero-order valence-corrected chi connectivity index (χ0v) is 44.6. The number of nitriles is 8. The van der Waals surface area contributed by atoms with Gasteiger partial charge in [-0.1, -0.05) is 0 Å². The SMILES string of the molecule is CCOC(=O)CC#N.[C-]#[N+]/C(C#N)=C1\N=c2ccc(-c3nc(-c4nc5cc(C#N)c([N+]#[C-])cc5o4)nc(C(C#N)C(=O)OCC)n3)c(C#N)c2=N1.[C-]#[N+]/C(C#N)=C1\N=c2ccc(-c3nc(Cl)nc(-c4nc5cc([N+]#[C-])c(C#N)cc5o4)n3)c(C#N)c2=N1. The maximum Gasteiger partial charge on any atom is 0.331 e. The number of halogens is 1. The summed E-state index contributed by atoms with van der Waals surface area (Å²) in [4.78, 5) is 86.4. The van der Waals surface area contributed by atoms with E-state index in [0.29, 0.717) is 17.5 Å². The number of ether oxygens (including phenoxy) is 2. The van der Waals surface area contributed by atoms with Crippen LogP contribution in [0.4, 0.5) is 11.4 Å². The number of nitrogens with zero attached hydrogens (tertiary/aromatic N) is 24. The summed E-state index contributed by atoms with van der Waals surface area (Å²) in [5.41, 5.74) is 0.961. The molecule has 408 valence electrons. The van der Waals surface area contributed by atoms with Gasteiger partial charge in [0.15, 0.2) is 34.7 Å². The number of esters is 2. The number of hydrogen-bond acceptors (Lipinski definition) is 26. The van der Waals surface area contributed by atoms with Crippen LogP contribution in [0.2, 0.25) is 5.28 Å². The van der Waals surface area contributed by atoms with Crippen LogP contribution in [0.3, 0.4) is 0 Å². The average Bonchev–Trinajstić information content (AvgIpc) is 1.93. The van der Waals surface area contributed by atoms with Crippen LogP contribution in [-0.4, -0.2) is 65.0 Å². The molecule has 10 rings (SSSR count). The number of aromatic nitrogens is 8. The molecule has 6 heterocycles. The van der Waals surface area contributed by atoms with Crippen molar-refractivity contribution in [2.75, 3.05) is 13.2 Å². The van der Waals surface area contributed by atoms with Crippen molar-refractivity contribution in [3.05, 3.63) is 172 Å². The van der Waals surface area contributed by atoms with Crippen LogP contribution in [0.15, 0.2) is 100 Å². The van der Waals surface area contributed by atoms with Crippen LogP contribution in [0.1, 0.15) is 54.3 Å². The Morgan fingerprint density at radius 3 is 1.55 bits per heavy atom. The van der Waals surface area contributed by atoms with Crippen molar-refractivity contribution in [1.29, 1.82) is 42.1 Å². The molecule has 0 spiro atoms. The molecule has 8 aromatic rings. The molecule has 2 aliphatic heterocycles. The standard InChI is InChI=1S/C28H10N12O3.C23H4ClN11O.C5H7NO2/c1-4-42-28(41)16(11-31)24-38-23(14-5-6-17-22(15(14)10-30)37-25(35-17)20(12-32)34-3)39-26(40-24)27-36-19-7-13(9-29)18(33-2)8-21(19)43-27;1-28-14-6-15-17(5-10(14)7-25)36-22(31-15)21-33-19(34-23(24)35-21)11-3-4-13-18(12(11)8-26)32-20(30-13)16(9-27)29-2;1-2-8-5(7)3-4-6/h5-8,16H,4H2,1H3;3-6H;2-3H2,1H3/b25-20+;20-16+;. The van der Waals surface area contributed by atoms with Crippen LogP contribution in [0.5, 0.6) is 0 Å². The Morgan fingerprint density at radius 1 is 0.586 bits per heavy atom. The molecule has 2 aliphatic rings. The highest BCUT2D eigenvalue weighted by Gasteiger charge is 2.30. The predicted molar refractivity (Wildman–Crippen MR) is 288 cm³/mol. The van der Waals surface area contributed by atoms with E-state index in [-0.39, 0.29) is 160 Å². The van der Waals surface area contributed by atoms with Gasteiger partial charge in [0.1, 0.15) is 40.4 Å². The summed E-state index contributed by atoms with van der Waals surface area (Å²) in [7, 11) is 0. The third kappa shape index (κ3) is 11.9. The van der Waals surface area contributed by atoms with Crippen molar-refractivity contribution in [2.24, 2.45) is 20.0 Å². The molecular weight excluding hydrogens is 1140 g/mol. The van der Waals surface area contributed by atoms with Gasteiger partial charge in [-0.05, 0) is 74.0 Å². The fraction of sp³-hybridized carbons (Fsp3) is 0.107. The van der Waals surface area contributed by atoms with Gasteiger partial charge in [0.25, 0.3) is 11.8 Å². The highest BCUT2D eigenvalue weighted by atomic mass is 35.5. The van der Waals surface area contributed by atoms with Crippen molar-refractivity contribution in [1.82, 2.24) is 39.9 Å². The third-order valence-corrected chi connectivity index (χ3v) is 11.5. The molecule has 4 aromatic carbocycles. The average molecular weight is 1160 g/mol. The zero-order valence-electron chi connectivity index (χ0n) is 43.9. The van der Waals surface area contributed by atoms with Crippen LogP contribution in [0.25, 0.3) is 87.8 Å². The monoisotopic (exact) mass is 1160 g/mol. The summed E-state index contributed by atoms with van der Waals surface area (Å²) in [5, 5.41) is 75.1. The van der Waals surface area contributed by atoms with E-state index in [0.717, 1.165) is 0 Å². The van der Waals surface area contributed by atoms with Crippen molar-refractivity contribution in [3.8, 4) is 94.8 Å². The fourth-order valence-corrected chi connectivity index (χ4v) is 7.78. The Kier molecular flexibility index (Phi) is 17.4. The lowest BCUT2D eigenvalue weighted by Crippen LogP contribution is -2.26. The molecule has 0 radical (unpaired) electrons. The largest absolute Gasteiger partial charge is 0.465 e. The number of fused-ring (bicyclic) bond motifs is 4.